The van der Waals surface area contributed by atoms with E-state index in [1.807, 2.05) is 30.3 Å². The number of aliphatic hydroxyl groups excluding tert-OH is 1. The average molecular weight is 456 g/mol. The van der Waals surface area contributed by atoms with Gasteiger partial charge >= 0.3 is 0 Å². The second-order valence-corrected chi connectivity index (χ2v) is 8.05. The van der Waals surface area contributed by atoms with E-state index >= 15 is 0 Å². The number of hydrogen-bond donors (Lipinski definition) is 1. The number of hydrogen-bond acceptors (Lipinski definition) is 4. The number of aromatic nitrogens is 2. The number of allylic oxidation sites excluding steroid dienone is 1. The second-order valence-electron chi connectivity index (χ2n) is 8.05. The van der Waals surface area contributed by atoms with Crippen molar-refractivity contribution in [1.29, 1.82) is 0 Å². The molecular formula is C26H31F2N3O2. The molecule has 1 aromatic heterocycles. The maximum atomic E-state index is 14.4. The fourth-order valence-electron chi connectivity index (χ4n) is 3.79. The van der Waals surface area contributed by atoms with Gasteiger partial charge < -0.3 is 9.84 Å². The molecule has 0 aliphatic carbocycles. The molecule has 0 saturated heterocycles. The Morgan fingerprint density at radius 2 is 1.97 bits per heavy atom. The molecule has 5 nitrogen and oxygen atoms in total. The van der Waals surface area contributed by atoms with Crippen molar-refractivity contribution in [3.05, 3.63) is 78.4 Å². The van der Waals surface area contributed by atoms with Crippen molar-refractivity contribution in [2.24, 2.45) is 7.05 Å². The monoisotopic (exact) mass is 455 g/mol. The van der Waals surface area contributed by atoms with Gasteiger partial charge in [-0.2, -0.15) is 5.10 Å². The first-order valence-electron chi connectivity index (χ1n) is 11.2. The summed E-state index contributed by atoms with van der Waals surface area (Å²) in [6, 6.07) is 12.9. The molecule has 2 aromatic carbocycles. The number of aryl methyl sites for hydroxylation is 1. The van der Waals surface area contributed by atoms with Crippen LogP contribution >= 0.6 is 0 Å². The lowest BCUT2D eigenvalue weighted by molar-refractivity contribution is 0.102. The molecule has 7 heteroatoms. The van der Waals surface area contributed by atoms with Crippen LogP contribution in [0.1, 0.15) is 31.7 Å². The molecule has 33 heavy (non-hydrogen) atoms. The van der Waals surface area contributed by atoms with Gasteiger partial charge in [-0.15, -0.1) is 6.58 Å². The van der Waals surface area contributed by atoms with E-state index in [-0.39, 0.29) is 5.75 Å². The lowest BCUT2D eigenvalue weighted by Gasteiger charge is -2.25. The first kappa shape index (κ1) is 24.6. The molecule has 0 aliphatic heterocycles. The Hall–Kier alpha value is -3.03. The highest BCUT2D eigenvalue weighted by Gasteiger charge is 2.24. The molecule has 0 spiro atoms. The lowest BCUT2D eigenvalue weighted by atomic mass is 10.1. The third-order valence-corrected chi connectivity index (χ3v) is 5.33. The summed E-state index contributed by atoms with van der Waals surface area (Å²) in [7, 11) is 1.73. The molecule has 1 heterocycles. The van der Waals surface area contributed by atoms with Crippen LogP contribution in [0.4, 0.5) is 8.78 Å². The number of ether oxygens (including phenoxy) is 1. The summed E-state index contributed by atoms with van der Waals surface area (Å²) >= 11 is 0. The van der Waals surface area contributed by atoms with E-state index in [9.17, 15) is 13.9 Å². The maximum Gasteiger partial charge on any atom is 0.222 e. The molecule has 176 valence electrons. The smallest absolute Gasteiger partial charge is 0.222 e. The van der Waals surface area contributed by atoms with Crippen LogP contribution in [-0.4, -0.2) is 39.0 Å². The lowest BCUT2D eigenvalue weighted by Crippen LogP contribution is -2.33. The van der Waals surface area contributed by atoms with Crippen molar-refractivity contribution >= 4 is 0 Å². The highest BCUT2D eigenvalue weighted by atomic mass is 19.1. The first-order valence-corrected chi connectivity index (χ1v) is 11.2. The van der Waals surface area contributed by atoms with Crippen LogP contribution in [-0.2, 0) is 13.6 Å². The molecule has 0 radical (unpaired) electrons. The third kappa shape index (κ3) is 6.49. The van der Waals surface area contributed by atoms with E-state index in [4.69, 9.17) is 4.74 Å². The molecule has 3 aromatic rings. The minimum atomic E-state index is -0.784. The zero-order chi connectivity index (χ0) is 23.8. The predicted octanol–water partition coefficient (Wildman–Crippen LogP) is 5.70. The average Bonchev–Trinajstić information content (AvgIpc) is 3.10. The Bertz CT molecular complexity index is 1050. The zero-order valence-electron chi connectivity index (χ0n) is 19.2. The van der Waals surface area contributed by atoms with E-state index in [1.54, 1.807) is 17.8 Å². The van der Waals surface area contributed by atoms with E-state index in [2.05, 4.69) is 23.5 Å². The van der Waals surface area contributed by atoms with Crippen LogP contribution in [0.25, 0.3) is 11.3 Å². The molecule has 1 N–H and O–H groups in total. The van der Waals surface area contributed by atoms with Gasteiger partial charge in [-0.25, -0.2) is 13.5 Å². The maximum absolute atomic E-state index is 14.4. The van der Waals surface area contributed by atoms with Crippen molar-refractivity contribution in [1.82, 2.24) is 14.7 Å². The van der Waals surface area contributed by atoms with Crippen LogP contribution < -0.4 is 4.74 Å². The van der Waals surface area contributed by atoms with Gasteiger partial charge in [0.05, 0.1) is 11.7 Å². The Morgan fingerprint density at radius 1 is 1.21 bits per heavy atom. The van der Waals surface area contributed by atoms with Gasteiger partial charge in [0.25, 0.3) is 0 Å². The Labute approximate surface area is 193 Å². The van der Waals surface area contributed by atoms with Crippen molar-refractivity contribution in [3.63, 3.8) is 0 Å². The summed E-state index contributed by atoms with van der Waals surface area (Å²) in [5.74, 6) is -1.15. The molecule has 3 rings (SSSR count). The van der Waals surface area contributed by atoms with E-state index < -0.39 is 17.7 Å². The van der Waals surface area contributed by atoms with Crippen LogP contribution in [0, 0.1) is 11.6 Å². The third-order valence-electron chi connectivity index (χ3n) is 5.33. The summed E-state index contributed by atoms with van der Waals surface area (Å²) in [6.45, 7) is 7.50. The van der Waals surface area contributed by atoms with Gasteiger partial charge in [-0.05, 0) is 37.9 Å². The fourth-order valence-corrected chi connectivity index (χ4v) is 3.79. The highest BCUT2D eigenvalue weighted by Crippen LogP contribution is 2.35. The van der Waals surface area contributed by atoms with E-state index in [1.165, 1.54) is 6.07 Å². The molecule has 0 amide bonds. The van der Waals surface area contributed by atoms with E-state index in [0.29, 0.717) is 25.4 Å². The summed E-state index contributed by atoms with van der Waals surface area (Å²) in [4.78, 5) is 2.14. The molecule has 0 saturated carbocycles. The Morgan fingerprint density at radius 3 is 2.64 bits per heavy atom. The van der Waals surface area contributed by atoms with Gasteiger partial charge in [-0.1, -0.05) is 43.3 Å². The van der Waals surface area contributed by atoms with Crippen LogP contribution in [0.5, 0.6) is 11.6 Å². The Balaban J connectivity index is 1.99. The summed E-state index contributed by atoms with van der Waals surface area (Å²) in [6.07, 6.45) is 3.57. The molecule has 0 unspecified atom stereocenters. The van der Waals surface area contributed by atoms with Crippen molar-refractivity contribution < 1.29 is 18.6 Å². The van der Waals surface area contributed by atoms with Crippen molar-refractivity contribution in [2.75, 3.05) is 13.1 Å². The number of benzene rings is 2. The molecule has 1 atom stereocenters. The molecule has 0 bridgehead atoms. The van der Waals surface area contributed by atoms with Gasteiger partial charge in [0.1, 0.15) is 11.5 Å². The number of aliphatic hydroxyl groups is 1. The largest absolute Gasteiger partial charge is 0.436 e. The predicted molar refractivity (Wildman–Crippen MR) is 126 cm³/mol. The number of halogens is 2. The van der Waals surface area contributed by atoms with Gasteiger partial charge in [0.15, 0.2) is 11.6 Å². The number of nitrogens with zero attached hydrogens (tertiary/aromatic N) is 3. The number of rotatable bonds is 12. The fraction of sp³-hybridized carbons (Fsp3) is 0.346. The Kier molecular flexibility index (Phi) is 8.74. The standard InChI is InChI=1S/C26H31F2N3O2/c1-4-6-12-21(32)17-31(15-5-2)18-22-25(19-10-8-7-9-11-19)29-30(3)26(22)33-24-14-13-20(27)16-23(24)28/h4,7-11,13-14,16,21,32H,1,5-6,12,15,17-18H2,2-3H3/t21-/m1/s1. The second kappa shape index (κ2) is 11.7. The topological polar surface area (TPSA) is 50.5 Å². The minimum Gasteiger partial charge on any atom is -0.436 e. The summed E-state index contributed by atoms with van der Waals surface area (Å²) in [5, 5.41) is 15.1. The molecular weight excluding hydrogens is 424 g/mol. The van der Waals surface area contributed by atoms with Gasteiger partial charge in [-0.3, -0.25) is 4.90 Å². The molecule has 0 aliphatic rings. The quantitative estimate of drug-likeness (QED) is 0.356. The SMILES string of the molecule is C=CCC[C@@H](O)CN(CCC)Cc1c(-c2ccccc2)nn(C)c1Oc1ccc(F)cc1F. The molecule has 0 fully saturated rings. The summed E-state index contributed by atoms with van der Waals surface area (Å²) < 4.78 is 35.2. The zero-order valence-corrected chi connectivity index (χ0v) is 19.2. The van der Waals surface area contributed by atoms with Crippen LogP contribution in [0.3, 0.4) is 0 Å². The summed E-state index contributed by atoms with van der Waals surface area (Å²) in [5.41, 5.74) is 2.40. The minimum absolute atomic E-state index is 0.0756. The van der Waals surface area contributed by atoms with E-state index in [0.717, 1.165) is 48.3 Å². The van der Waals surface area contributed by atoms with Crippen molar-refractivity contribution in [2.45, 2.75) is 38.8 Å². The van der Waals surface area contributed by atoms with Gasteiger partial charge in [0, 0.05) is 31.8 Å². The van der Waals surface area contributed by atoms with Crippen LogP contribution in [0.15, 0.2) is 61.2 Å². The normalized spacial score (nSPS) is 12.2. The van der Waals surface area contributed by atoms with Crippen molar-refractivity contribution in [3.8, 4) is 22.9 Å². The highest BCUT2D eigenvalue weighted by molar-refractivity contribution is 5.65. The first-order chi connectivity index (χ1) is 15.9. The van der Waals surface area contributed by atoms with Crippen LogP contribution in [0.2, 0.25) is 0 Å². The van der Waals surface area contributed by atoms with Gasteiger partial charge in [0.2, 0.25) is 5.88 Å².